The molecule has 0 spiro atoms. The Balaban J connectivity index is 1.51. The predicted octanol–water partition coefficient (Wildman–Crippen LogP) is 4.63. The first kappa shape index (κ1) is 18.8. The number of nitrogens with zero attached hydrogens (tertiary/aromatic N) is 3. The smallest absolute Gasteiger partial charge is 0.242 e. The Labute approximate surface area is 172 Å². The molecule has 0 saturated carbocycles. The van der Waals surface area contributed by atoms with Crippen LogP contribution >= 0.6 is 11.8 Å². The number of phenolic OH excluding ortho intramolecular Hbond substituents is 1. The predicted molar refractivity (Wildman–Crippen MR) is 114 cm³/mol. The highest BCUT2D eigenvalue weighted by Crippen LogP contribution is 2.29. The van der Waals surface area contributed by atoms with Gasteiger partial charge in [-0.2, -0.15) is 0 Å². The molecule has 4 rings (SSSR count). The Hall–Kier alpha value is -3.58. The molecule has 4 aromatic rings. The van der Waals surface area contributed by atoms with Crippen molar-refractivity contribution in [2.24, 2.45) is 0 Å². The van der Waals surface area contributed by atoms with Crippen molar-refractivity contribution in [1.82, 2.24) is 15.2 Å². The van der Waals surface area contributed by atoms with Gasteiger partial charge in [0.2, 0.25) is 11.1 Å². The van der Waals surface area contributed by atoms with Crippen LogP contribution in [0.15, 0.2) is 90.1 Å². The number of hydrogen-bond acceptors (Lipinski definition) is 5. The summed E-state index contributed by atoms with van der Waals surface area (Å²) in [6.07, 6.45) is 0. The second-order valence-electron chi connectivity index (χ2n) is 6.17. The number of aromatic nitrogens is 3. The van der Waals surface area contributed by atoms with Gasteiger partial charge in [-0.05, 0) is 36.4 Å². The highest BCUT2D eigenvalue weighted by molar-refractivity contribution is 7.99. The van der Waals surface area contributed by atoms with E-state index in [1.807, 2.05) is 66.7 Å². The molecule has 0 aliphatic carbocycles. The van der Waals surface area contributed by atoms with Crippen molar-refractivity contribution >= 4 is 29.0 Å². The molecule has 1 aromatic heterocycles. The van der Waals surface area contributed by atoms with Gasteiger partial charge in [0.15, 0.2) is 5.82 Å². The van der Waals surface area contributed by atoms with E-state index in [0.29, 0.717) is 16.5 Å². The molecule has 0 atom stereocenters. The summed E-state index contributed by atoms with van der Waals surface area (Å²) in [6.45, 7) is 0. The molecule has 7 heteroatoms. The van der Waals surface area contributed by atoms with Gasteiger partial charge in [0, 0.05) is 11.4 Å². The first-order valence-electron chi connectivity index (χ1n) is 8.99. The fourth-order valence-corrected chi connectivity index (χ4v) is 3.54. The quantitative estimate of drug-likeness (QED) is 0.459. The van der Waals surface area contributed by atoms with Crippen molar-refractivity contribution < 1.29 is 9.90 Å². The Kier molecular flexibility index (Phi) is 5.58. The largest absolute Gasteiger partial charge is 0.507 e. The van der Waals surface area contributed by atoms with E-state index in [2.05, 4.69) is 15.2 Å². The van der Waals surface area contributed by atoms with E-state index in [1.165, 1.54) is 11.8 Å². The number of aromatic hydroxyl groups is 1. The minimum atomic E-state index is -0.0821. The Morgan fingerprint density at radius 1 is 0.897 bits per heavy atom. The molecule has 0 fully saturated rings. The molecule has 0 aliphatic rings. The van der Waals surface area contributed by atoms with Crippen LogP contribution in [-0.2, 0) is 4.79 Å². The van der Waals surface area contributed by atoms with Crippen molar-refractivity contribution in [3.05, 3.63) is 84.9 Å². The van der Waals surface area contributed by atoms with E-state index in [0.717, 1.165) is 11.4 Å². The molecule has 144 valence electrons. The second-order valence-corrected chi connectivity index (χ2v) is 7.12. The molecule has 3 aromatic carbocycles. The third-order valence-electron chi connectivity index (χ3n) is 4.23. The normalized spacial score (nSPS) is 10.6. The van der Waals surface area contributed by atoms with Gasteiger partial charge in [-0.3, -0.25) is 14.8 Å². The van der Waals surface area contributed by atoms with Gasteiger partial charge in [-0.1, -0.05) is 60.3 Å². The lowest BCUT2D eigenvalue weighted by Gasteiger charge is -2.22. The highest BCUT2D eigenvalue weighted by atomic mass is 32.2. The molecule has 2 N–H and O–H groups in total. The van der Waals surface area contributed by atoms with Crippen molar-refractivity contribution in [3.8, 4) is 17.1 Å². The SMILES string of the molecule is O=C(CSc1n[nH]c(-c2ccccc2O)n1)N(c1ccccc1)c1ccccc1. The van der Waals surface area contributed by atoms with Gasteiger partial charge in [0.05, 0.1) is 11.3 Å². The summed E-state index contributed by atoms with van der Waals surface area (Å²) in [4.78, 5) is 19.1. The number of hydrogen-bond donors (Lipinski definition) is 2. The number of nitrogens with one attached hydrogen (secondary N) is 1. The van der Waals surface area contributed by atoms with Crippen LogP contribution in [0.3, 0.4) is 0 Å². The number of H-pyrrole nitrogens is 1. The lowest BCUT2D eigenvalue weighted by atomic mass is 10.2. The number of aromatic amines is 1. The van der Waals surface area contributed by atoms with E-state index in [4.69, 9.17) is 0 Å². The molecule has 1 heterocycles. The molecule has 0 aliphatic heterocycles. The van der Waals surface area contributed by atoms with Gasteiger partial charge < -0.3 is 5.11 Å². The summed E-state index contributed by atoms with van der Waals surface area (Å²) in [5.41, 5.74) is 2.16. The standard InChI is InChI=1S/C22H18N4O2S/c27-19-14-8-7-13-18(19)21-23-22(25-24-21)29-15-20(28)26(16-9-3-1-4-10-16)17-11-5-2-6-12-17/h1-14,27H,15H2,(H,23,24,25). The molecule has 0 saturated heterocycles. The third-order valence-corrected chi connectivity index (χ3v) is 5.06. The Morgan fingerprint density at radius 2 is 1.48 bits per heavy atom. The molecule has 6 nitrogen and oxygen atoms in total. The number of para-hydroxylation sites is 3. The maximum absolute atomic E-state index is 13.0. The fraction of sp³-hybridized carbons (Fsp3) is 0.0455. The average Bonchev–Trinajstić information content (AvgIpc) is 3.23. The fourth-order valence-electron chi connectivity index (χ4n) is 2.89. The zero-order valence-corrected chi connectivity index (χ0v) is 16.2. The van der Waals surface area contributed by atoms with E-state index >= 15 is 0 Å². The monoisotopic (exact) mass is 402 g/mol. The van der Waals surface area contributed by atoms with Crippen LogP contribution < -0.4 is 4.90 Å². The number of thioether (sulfide) groups is 1. The van der Waals surface area contributed by atoms with E-state index < -0.39 is 0 Å². The van der Waals surface area contributed by atoms with E-state index in [-0.39, 0.29) is 17.4 Å². The lowest BCUT2D eigenvalue weighted by Crippen LogP contribution is -2.27. The summed E-state index contributed by atoms with van der Waals surface area (Å²) in [6, 6.07) is 25.9. The molecular formula is C22H18N4O2S. The van der Waals surface area contributed by atoms with Gasteiger partial charge in [-0.25, -0.2) is 4.98 Å². The average molecular weight is 402 g/mol. The number of carbonyl (C=O) groups excluding carboxylic acids is 1. The van der Waals surface area contributed by atoms with Crippen LogP contribution in [0, 0.1) is 0 Å². The maximum Gasteiger partial charge on any atom is 0.242 e. The number of benzene rings is 3. The van der Waals surface area contributed by atoms with Crippen LogP contribution in [0.1, 0.15) is 0 Å². The maximum atomic E-state index is 13.0. The number of anilines is 2. The number of amides is 1. The van der Waals surface area contributed by atoms with Crippen molar-refractivity contribution in [2.75, 3.05) is 10.7 Å². The summed E-state index contributed by atoms with van der Waals surface area (Å²) in [5.74, 6) is 0.667. The van der Waals surface area contributed by atoms with Crippen LogP contribution in [-0.4, -0.2) is 31.9 Å². The van der Waals surface area contributed by atoms with E-state index in [1.54, 1.807) is 23.1 Å². The first-order chi connectivity index (χ1) is 14.2. The summed E-state index contributed by atoms with van der Waals surface area (Å²) >= 11 is 1.24. The second kappa shape index (κ2) is 8.62. The van der Waals surface area contributed by atoms with Crippen LogP contribution in [0.25, 0.3) is 11.4 Å². The summed E-state index contributed by atoms with van der Waals surface area (Å²) in [5, 5.41) is 17.4. The third kappa shape index (κ3) is 4.30. The summed E-state index contributed by atoms with van der Waals surface area (Å²) < 4.78 is 0. The number of phenols is 1. The van der Waals surface area contributed by atoms with Crippen molar-refractivity contribution in [3.63, 3.8) is 0 Å². The highest BCUT2D eigenvalue weighted by Gasteiger charge is 2.19. The van der Waals surface area contributed by atoms with Gasteiger partial charge in [0.25, 0.3) is 0 Å². The minimum Gasteiger partial charge on any atom is -0.507 e. The van der Waals surface area contributed by atoms with Gasteiger partial charge >= 0.3 is 0 Å². The lowest BCUT2D eigenvalue weighted by molar-refractivity contribution is -0.115. The zero-order valence-electron chi connectivity index (χ0n) is 15.4. The zero-order chi connectivity index (χ0) is 20.1. The molecule has 0 radical (unpaired) electrons. The van der Waals surface area contributed by atoms with E-state index in [9.17, 15) is 9.90 Å². The Morgan fingerprint density at radius 3 is 2.10 bits per heavy atom. The molecule has 0 bridgehead atoms. The van der Waals surface area contributed by atoms with Gasteiger partial charge in [-0.15, -0.1) is 5.10 Å². The number of carbonyl (C=O) groups is 1. The minimum absolute atomic E-state index is 0.0821. The molecule has 29 heavy (non-hydrogen) atoms. The van der Waals surface area contributed by atoms with Crippen LogP contribution in [0.4, 0.5) is 11.4 Å². The van der Waals surface area contributed by atoms with Crippen LogP contribution in [0.5, 0.6) is 5.75 Å². The molecular weight excluding hydrogens is 384 g/mol. The van der Waals surface area contributed by atoms with Gasteiger partial charge in [0.1, 0.15) is 5.75 Å². The molecule has 0 unspecified atom stereocenters. The van der Waals surface area contributed by atoms with Crippen LogP contribution in [0.2, 0.25) is 0 Å². The first-order valence-corrected chi connectivity index (χ1v) is 9.97. The van der Waals surface area contributed by atoms with Crippen molar-refractivity contribution in [2.45, 2.75) is 5.16 Å². The number of rotatable bonds is 6. The topological polar surface area (TPSA) is 82.1 Å². The molecule has 1 amide bonds. The van der Waals surface area contributed by atoms with Crippen molar-refractivity contribution in [1.29, 1.82) is 0 Å². The summed E-state index contributed by atoms with van der Waals surface area (Å²) in [7, 11) is 0. The Bertz CT molecular complexity index is 1060.